The molecule has 6 nitrogen and oxygen atoms in total. The summed E-state index contributed by atoms with van der Waals surface area (Å²) >= 11 is 0. The standard InChI is InChI=1S/C36H28N2O4S.Zn/c1-23(35-31-9-5-3-7-25(31)11-21-33(35)39)37-27-13-17-29(18-14-27)43(41,42)30-19-15-28(16-20-30)38-24(2)36-32-10-6-4-8-26(32)12-22-34(36)40;/h3-22,39-40H,1-2H3;. The molecule has 6 aromatic carbocycles. The minimum absolute atomic E-state index is 0. The summed E-state index contributed by atoms with van der Waals surface area (Å²) in [6, 6.07) is 35.3. The SMILES string of the molecule is CC(=Nc1ccc(S(=O)(=O)c2ccc(N=C(C)c3c(O)ccc4ccccc34)cc2)cc1)c1c(O)ccc2ccccc12.[Zn]. The first-order valence-electron chi connectivity index (χ1n) is 13.7. The van der Waals surface area contributed by atoms with Crippen molar-refractivity contribution in [3.05, 3.63) is 132 Å². The van der Waals surface area contributed by atoms with Crippen molar-refractivity contribution >= 4 is 54.2 Å². The Morgan fingerprint density at radius 1 is 0.523 bits per heavy atom. The van der Waals surface area contributed by atoms with E-state index in [1.54, 1.807) is 36.4 Å². The van der Waals surface area contributed by atoms with E-state index in [0.717, 1.165) is 21.5 Å². The fourth-order valence-corrected chi connectivity index (χ4v) is 6.58. The number of aromatic hydroxyl groups is 2. The van der Waals surface area contributed by atoms with Crippen LogP contribution in [-0.2, 0) is 29.3 Å². The maximum atomic E-state index is 13.4. The van der Waals surface area contributed by atoms with Crippen LogP contribution in [0.15, 0.2) is 141 Å². The first-order valence-corrected chi connectivity index (χ1v) is 15.2. The van der Waals surface area contributed by atoms with Crippen molar-refractivity contribution in [3.8, 4) is 11.5 Å². The molecule has 0 amide bonds. The maximum absolute atomic E-state index is 13.4. The van der Waals surface area contributed by atoms with Gasteiger partial charge in [0, 0.05) is 42.0 Å². The molecule has 0 aliphatic rings. The Hall–Kier alpha value is -4.65. The number of sulfone groups is 1. The number of aliphatic imine (C=N–C) groups is 2. The number of fused-ring (bicyclic) bond motifs is 2. The molecule has 0 bridgehead atoms. The molecule has 6 rings (SSSR count). The largest absolute Gasteiger partial charge is 0.507 e. The second-order valence-electron chi connectivity index (χ2n) is 10.2. The average molecular weight is 650 g/mol. The van der Waals surface area contributed by atoms with Gasteiger partial charge in [-0.1, -0.05) is 60.7 Å². The van der Waals surface area contributed by atoms with E-state index in [4.69, 9.17) is 0 Å². The van der Waals surface area contributed by atoms with Crippen LogP contribution in [0.4, 0.5) is 11.4 Å². The molecule has 0 fully saturated rings. The summed E-state index contributed by atoms with van der Waals surface area (Å²) in [6.45, 7) is 3.64. The van der Waals surface area contributed by atoms with Gasteiger partial charge in [0.2, 0.25) is 9.84 Å². The molecule has 44 heavy (non-hydrogen) atoms. The molecule has 0 radical (unpaired) electrons. The summed E-state index contributed by atoms with van der Waals surface area (Å²) in [5.74, 6) is 0.270. The van der Waals surface area contributed by atoms with Crippen molar-refractivity contribution in [1.82, 2.24) is 0 Å². The van der Waals surface area contributed by atoms with Crippen LogP contribution in [-0.4, -0.2) is 30.1 Å². The van der Waals surface area contributed by atoms with Gasteiger partial charge in [-0.05, 0) is 96.1 Å². The van der Waals surface area contributed by atoms with Crippen LogP contribution in [0.2, 0.25) is 0 Å². The molecule has 8 heteroatoms. The third-order valence-electron chi connectivity index (χ3n) is 7.43. The fourth-order valence-electron chi connectivity index (χ4n) is 5.32. The van der Waals surface area contributed by atoms with Crippen LogP contribution in [0.5, 0.6) is 11.5 Å². The Kier molecular flexibility index (Phi) is 8.77. The monoisotopic (exact) mass is 648 g/mol. The number of phenolic OH excluding ortho intramolecular Hbond substituents is 2. The van der Waals surface area contributed by atoms with Crippen molar-refractivity contribution in [2.75, 3.05) is 0 Å². The van der Waals surface area contributed by atoms with E-state index >= 15 is 0 Å². The zero-order valence-electron chi connectivity index (χ0n) is 24.3. The van der Waals surface area contributed by atoms with Gasteiger partial charge < -0.3 is 10.2 Å². The van der Waals surface area contributed by atoms with Gasteiger partial charge in [0.1, 0.15) is 11.5 Å². The van der Waals surface area contributed by atoms with Crippen molar-refractivity contribution in [2.24, 2.45) is 9.98 Å². The van der Waals surface area contributed by atoms with Crippen molar-refractivity contribution in [2.45, 2.75) is 23.6 Å². The number of hydrogen-bond donors (Lipinski definition) is 2. The summed E-state index contributed by atoms with van der Waals surface area (Å²) in [5, 5.41) is 24.8. The van der Waals surface area contributed by atoms with Gasteiger partial charge in [-0.25, -0.2) is 8.42 Å². The van der Waals surface area contributed by atoms with Gasteiger partial charge in [0.25, 0.3) is 0 Å². The second kappa shape index (κ2) is 12.5. The third-order valence-corrected chi connectivity index (χ3v) is 9.21. The Labute approximate surface area is 268 Å². The average Bonchev–Trinajstić information content (AvgIpc) is 3.01. The van der Waals surface area contributed by atoms with E-state index in [1.165, 1.54) is 24.3 Å². The number of rotatable bonds is 6. The first-order chi connectivity index (χ1) is 20.7. The molecule has 0 aromatic heterocycles. The van der Waals surface area contributed by atoms with Crippen molar-refractivity contribution in [3.63, 3.8) is 0 Å². The number of phenols is 2. The van der Waals surface area contributed by atoms with Crippen LogP contribution in [0, 0.1) is 0 Å². The Morgan fingerprint density at radius 3 is 1.27 bits per heavy atom. The molecule has 0 unspecified atom stereocenters. The first kappa shape index (κ1) is 30.8. The van der Waals surface area contributed by atoms with Crippen molar-refractivity contribution in [1.29, 1.82) is 0 Å². The van der Waals surface area contributed by atoms with Crippen LogP contribution >= 0.6 is 0 Å². The van der Waals surface area contributed by atoms with E-state index in [0.29, 0.717) is 33.9 Å². The summed E-state index contributed by atoms with van der Waals surface area (Å²) in [6.07, 6.45) is 0. The van der Waals surface area contributed by atoms with E-state index in [1.807, 2.05) is 74.5 Å². The van der Waals surface area contributed by atoms with Gasteiger partial charge in [-0.3, -0.25) is 9.98 Å². The number of benzene rings is 6. The predicted octanol–water partition coefficient (Wildman–Crippen LogP) is 8.52. The smallest absolute Gasteiger partial charge is 0.206 e. The zero-order valence-corrected chi connectivity index (χ0v) is 28.1. The van der Waals surface area contributed by atoms with Crippen molar-refractivity contribution < 1.29 is 38.1 Å². The van der Waals surface area contributed by atoms with Crippen LogP contribution in [0.25, 0.3) is 21.5 Å². The minimum atomic E-state index is -3.78. The molecule has 0 saturated heterocycles. The topological polar surface area (TPSA) is 99.3 Å². The number of hydrogen-bond acceptors (Lipinski definition) is 6. The van der Waals surface area contributed by atoms with Crippen LogP contribution in [0.3, 0.4) is 0 Å². The minimum Gasteiger partial charge on any atom is -0.507 e. The molecule has 0 atom stereocenters. The Balaban J connectivity index is 0.00000384. The molecule has 0 heterocycles. The molecular weight excluding hydrogens is 622 g/mol. The van der Waals surface area contributed by atoms with E-state index in [9.17, 15) is 18.6 Å². The molecule has 0 aliphatic carbocycles. The normalized spacial score (nSPS) is 12.3. The van der Waals surface area contributed by atoms with E-state index in [-0.39, 0.29) is 40.8 Å². The van der Waals surface area contributed by atoms with Gasteiger partial charge in [-0.2, -0.15) is 0 Å². The summed E-state index contributed by atoms with van der Waals surface area (Å²) < 4.78 is 26.8. The quantitative estimate of drug-likeness (QED) is 0.140. The van der Waals surface area contributed by atoms with E-state index in [2.05, 4.69) is 9.98 Å². The predicted molar refractivity (Wildman–Crippen MR) is 173 cm³/mol. The summed E-state index contributed by atoms with van der Waals surface area (Å²) in [7, 11) is -3.78. The van der Waals surface area contributed by atoms with Gasteiger partial charge in [0.15, 0.2) is 0 Å². The summed E-state index contributed by atoms with van der Waals surface area (Å²) in [5.41, 5.74) is 3.66. The molecule has 6 aromatic rings. The fraction of sp³-hybridized carbons (Fsp3) is 0.0556. The molecule has 2 N–H and O–H groups in total. The zero-order chi connectivity index (χ0) is 30.1. The molecule has 214 valence electrons. The van der Waals surface area contributed by atoms with Crippen LogP contribution in [0.1, 0.15) is 25.0 Å². The van der Waals surface area contributed by atoms with Gasteiger partial charge in [-0.15, -0.1) is 0 Å². The maximum Gasteiger partial charge on any atom is 0.206 e. The number of nitrogens with zero attached hydrogens (tertiary/aromatic N) is 2. The Bertz CT molecular complexity index is 2020. The van der Waals surface area contributed by atoms with Gasteiger partial charge in [0.05, 0.1) is 21.2 Å². The third kappa shape index (κ3) is 5.92. The van der Waals surface area contributed by atoms with E-state index < -0.39 is 9.84 Å². The molecule has 0 aliphatic heterocycles. The van der Waals surface area contributed by atoms with Crippen LogP contribution < -0.4 is 0 Å². The molecule has 0 saturated carbocycles. The van der Waals surface area contributed by atoms with Gasteiger partial charge >= 0.3 is 0 Å². The molecular formula is C36H28N2O4SZn. The molecule has 0 spiro atoms. The Morgan fingerprint density at radius 2 is 0.886 bits per heavy atom. The second-order valence-corrected chi connectivity index (χ2v) is 12.2. The summed E-state index contributed by atoms with van der Waals surface area (Å²) in [4.78, 5) is 9.60.